The average Bonchev–Trinajstić information content (AvgIpc) is 2.05. The van der Waals surface area contributed by atoms with E-state index in [1.165, 1.54) is 0 Å². The average molecular weight is 156 g/mol. The third-order valence-electron chi connectivity index (χ3n) is 1.21. The lowest BCUT2D eigenvalue weighted by Crippen LogP contribution is -1.80. The fraction of sp³-hybridized carbons (Fsp3) is 0.143. The zero-order valence-electron chi connectivity index (χ0n) is 5.32. The second-order valence-electron chi connectivity index (χ2n) is 1.89. The van der Waals surface area contributed by atoms with Crippen LogP contribution in [0.4, 0.5) is 0 Å². The highest BCUT2D eigenvalue weighted by atomic mass is 32.2. The molecule has 0 heterocycles. The lowest BCUT2D eigenvalue weighted by atomic mass is 10.2. The monoisotopic (exact) mass is 156 g/mol. The van der Waals surface area contributed by atoms with Crippen LogP contribution >= 0.6 is 12.0 Å². The third kappa shape index (κ3) is 1.73. The van der Waals surface area contributed by atoms with E-state index in [1.807, 2.05) is 0 Å². The molecular weight excluding hydrogens is 148 g/mol. The lowest BCUT2D eigenvalue weighted by Gasteiger charge is -1.95. The smallest absolute Gasteiger partial charge is 0.0681 e. The highest BCUT2D eigenvalue weighted by Gasteiger charge is 1.90. The molecule has 0 fully saturated rings. The molecule has 0 aliphatic carbocycles. The SMILES string of the molecule is OCc1ccc(SO)cc1. The Labute approximate surface area is 63.7 Å². The second-order valence-corrected chi connectivity index (χ2v) is 2.55. The van der Waals surface area contributed by atoms with Gasteiger partial charge in [0.1, 0.15) is 0 Å². The molecule has 0 amide bonds. The Bertz CT molecular complexity index is 172. The van der Waals surface area contributed by atoms with Gasteiger partial charge in [0, 0.05) is 16.9 Å². The van der Waals surface area contributed by atoms with Gasteiger partial charge in [0.25, 0.3) is 0 Å². The van der Waals surface area contributed by atoms with E-state index in [-0.39, 0.29) is 6.61 Å². The van der Waals surface area contributed by atoms with Crippen molar-refractivity contribution >= 4 is 12.0 Å². The molecule has 2 N–H and O–H groups in total. The molecule has 0 bridgehead atoms. The molecule has 0 aliphatic rings. The van der Waals surface area contributed by atoms with Crippen molar-refractivity contribution in [2.24, 2.45) is 0 Å². The molecule has 1 aromatic rings. The standard InChI is InChI=1S/C7H8O2S/c8-5-6-1-3-7(10-9)4-2-6/h1-4,8-9H,5H2. The van der Waals surface area contributed by atoms with Gasteiger partial charge in [-0.1, -0.05) is 12.1 Å². The maximum absolute atomic E-state index is 8.63. The molecule has 54 valence electrons. The highest BCUT2D eigenvalue weighted by Crippen LogP contribution is 2.13. The molecular formula is C7H8O2S. The first-order valence-corrected chi connectivity index (χ1v) is 3.65. The summed E-state index contributed by atoms with van der Waals surface area (Å²) in [4.78, 5) is 0.789. The van der Waals surface area contributed by atoms with Gasteiger partial charge in [0.2, 0.25) is 0 Å². The summed E-state index contributed by atoms with van der Waals surface area (Å²) in [5, 5.41) is 8.63. The van der Waals surface area contributed by atoms with E-state index >= 15 is 0 Å². The van der Waals surface area contributed by atoms with Crippen LogP contribution in [0, 0.1) is 0 Å². The fourth-order valence-corrected chi connectivity index (χ4v) is 0.914. The number of hydrogen-bond donors (Lipinski definition) is 2. The Hall–Kier alpha value is -0.510. The van der Waals surface area contributed by atoms with Crippen molar-refractivity contribution in [3.8, 4) is 0 Å². The molecule has 0 radical (unpaired) electrons. The zero-order chi connectivity index (χ0) is 7.40. The molecule has 0 saturated heterocycles. The minimum absolute atomic E-state index is 0.0520. The largest absolute Gasteiger partial charge is 0.392 e. The Morgan fingerprint density at radius 2 is 1.80 bits per heavy atom. The zero-order valence-corrected chi connectivity index (χ0v) is 6.14. The molecule has 10 heavy (non-hydrogen) atoms. The molecule has 0 aliphatic heterocycles. The Morgan fingerprint density at radius 3 is 2.20 bits per heavy atom. The molecule has 2 nitrogen and oxygen atoms in total. The molecule has 0 atom stereocenters. The van der Waals surface area contributed by atoms with E-state index in [2.05, 4.69) is 0 Å². The van der Waals surface area contributed by atoms with Gasteiger partial charge in [-0.05, 0) is 17.7 Å². The summed E-state index contributed by atoms with van der Waals surface area (Å²) in [5.74, 6) is 0. The van der Waals surface area contributed by atoms with Gasteiger partial charge in [-0.15, -0.1) is 0 Å². The van der Waals surface area contributed by atoms with Gasteiger partial charge in [0.15, 0.2) is 0 Å². The molecule has 0 spiro atoms. The maximum atomic E-state index is 8.63. The number of hydrogen-bond acceptors (Lipinski definition) is 3. The van der Waals surface area contributed by atoms with Crippen LogP contribution in [-0.4, -0.2) is 9.66 Å². The summed E-state index contributed by atoms with van der Waals surface area (Å²) in [6, 6.07) is 7.07. The van der Waals surface area contributed by atoms with Crippen LogP contribution in [0.2, 0.25) is 0 Å². The van der Waals surface area contributed by atoms with Crippen LogP contribution in [0.15, 0.2) is 29.2 Å². The summed E-state index contributed by atoms with van der Waals surface area (Å²) < 4.78 is 8.56. The summed E-state index contributed by atoms with van der Waals surface area (Å²) in [5.41, 5.74) is 0.859. The predicted molar refractivity (Wildman–Crippen MR) is 40.9 cm³/mol. The van der Waals surface area contributed by atoms with Gasteiger partial charge in [-0.2, -0.15) is 0 Å². The Morgan fingerprint density at radius 1 is 1.20 bits per heavy atom. The van der Waals surface area contributed by atoms with Crippen LogP contribution < -0.4 is 0 Å². The number of aliphatic hydroxyl groups is 1. The molecule has 0 unspecified atom stereocenters. The first-order chi connectivity index (χ1) is 4.86. The molecule has 0 aromatic heterocycles. The van der Waals surface area contributed by atoms with Gasteiger partial charge in [-0.25, -0.2) is 0 Å². The summed E-state index contributed by atoms with van der Waals surface area (Å²) in [7, 11) is 0. The first kappa shape index (κ1) is 7.60. The maximum Gasteiger partial charge on any atom is 0.0681 e. The van der Waals surface area contributed by atoms with Crippen molar-refractivity contribution < 1.29 is 9.66 Å². The molecule has 3 heteroatoms. The van der Waals surface area contributed by atoms with E-state index in [1.54, 1.807) is 24.3 Å². The quantitative estimate of drug-likeness (QED) is 0.641. The predicted octanol–water partition coefficient (Wildman–Crippen LogP) is 1.74. The highest BCUT2D eigenvalue weighted by molar-refractivity contribution is 7.93. The van der Waals surface area contributed by atoms with Crippen molar-refractivity contribution in [1.29, 1.82) is 0 Å². The number of benzene rings is 1. The van der Waals surface area contributed by atoms with Gasteiger partial charge in [0.05, 0.1) is 6.61 Å². The number of rotatable bonds is 2. The van der Waals surface area contributed by atoms with Crippen molar-refractivity contribution in [2.75, 3.05) is 0 Å². The normalized spacial score (nSPS) is 9.80. The van der Waals surface area contributed by atoms with E-state index in [9.17, 15) is 0 Å². The van der Waals surface area contributed by atoms with Crippen molar-refractivity contribution in [3.05, 3.63) is 29.8 Å². The third-order valence-corrected chi connectivity index (χ3v) is 1.69. The summed E-state index contributed by atoms with van der Waals surface area (Å²) in [6.07, 6.45) is 0. The van der Waals surface area contributed by atoms with E-state index < -0.39 is 0 Å². The molecule has 0 saturated carbocycles. The van der Waals surface area contributed by atoms with Gasteiger partial charge >= 0.3 is 0 Å². The molecule has 1 aromatic carbocycles. The summed E-state index contributed by atoms with van der Waals surface area (Å²) in [6.45, 7) is 0.0520. The van der Waals surface area contributed by atoms with E-state index in [0.717, 1.165) is 10.5 Å². The first-order valence-electron chi connectivity index (χ1n) is 2.88. The van der Waals surface area contributed by atoms with E-state index in [0.29, 0.717) is 12.0 Å². The van der Waals surface area contributed by atoms with Crippen LogP contribution in [0.25, 0.3) is 0 Å². The van der Waals surface area contributed by atoms with Crippen molar-refractivity contribution in [2.45, 2.75) is 11.5 Å². The van der Waals surface area contributed by atoms with Gasteiger partial charge in [-0.3, -0.25) is 0 Å². The van der Waals surface area contributed by atoms with Crippen LogP contribution in [0.3, 0.4) is 0 Å². The van der Waals surface area contributed by atoms with Crippen molar-refractivity contribution in [1.82, 2.24) is 0 Å². The second kappa shape index (κ2) is 3.61. The molecule has 1 rings (SSSR count). The van der Waals surface area contributed by atoms with Gasteiger partial charge < -0.3 is 9.66 Å². The van der Waals surface area contributed by atoms with Crippen LogP contribution in [0.5, 0.6) is 0 Å². The Kier molecular flexibility index (Phi) is 2.74. The Balaban J connectivity index is 2.80. The van der Waals surface area contributed by atoms with Crippen molar-refractivity contribution in [3.63, 3.8) is 0 Å². The topological polar surface area (TPSA) is 40.5 Å². The number of aliphatic hydroxyl groups excluding tert-OH is 1. The minimum Gasteiger partial charge on any atom is -0.392 e. The van der Waals surface area contributed by atoms with Crippen LogP contribution in [-0.2, 0) is 6.61 Å². The van der Waals surface area contributed by atoms with E-state index in [4.69, 9.17) is 9.66 Å². The lowest BCUT2D eigenvalue weighted by molar-refractivity contribution is 0.282. The fourth-order valence-electron chi connectivity index (χ4n) is 0.656. The minimum atomic E-state index is 0.0520. The van der Waals surface area contributed by atoms with Crippen LogP contribution in [0.1, 0.15) is 5.56 Å². The summed E-state index contributed by atoms with van der Waals surface area (Å²) >= 11 is 0.706.